The molecule has 1 spiro atoms. The van der Waals surface area contributed by atoms with Crippen molar-refractivity contribution in [3.8, 4) is 11.3 Å². The number of nitrogens with one attached hydrogen (secondary N) is 1. The van der Waals surface area contributed by atoms with Gasteiger partial charge < -0.3 is 19.5 Å². The Kier molecular flexibility index (Phi) is 6.41. The number of carbonyl (C=O) groups is 1. The summed E-state index contributed by atoms with van der Waals surface area (Å²) >= 11 is 0. The molecule has 0 atom stereocenters. The van der Waals surface area contributed by atoms with E-state index in [9.17, 15) is 9.18 Å². The van der Waals surface area contributed by atoms with E-state index >= 15 is 4.39 Å². The van der Waals surface area contributed by atoms with E-state index in [0.29, 0.717) is 34.5 Å². The molecule has 9 nitrogen and oxygen atoms in total. The highest BCUT2D eigenvalue weighted by atomic mass is 19.1. The Morgan fingerprint density at radius 1 is 1.05 bits per heavy atom. The van der Waals surface area contributed by atoms with Crippen molar-refractivity contribution in [1.82, 2.24) is 24.4 Å². The number of amides is 1. The van der Waals surface area contributed by atoms with Gasteiger partial charge in [-0.05, 0) is 58.2 Å². The molecule has 1 amide bonds. The second kappa shape index (κ2) is 9.81. The molecular weight excluding hydrogens is 516 g/mol. The fraction of sp³-hybridized carbons (Fsp3) is 0.379. The minimum Gasteiger partial charge on any atom is -0.441 e. The third-order valence-electron chi connectivity index (χ3n) is 7.80. The van der Waals surface area contributed by atoms with Gasteiger partial charge in [0.05, 0.1) is 30.1 Å². The van der Waals surface area contributed by atoms with Gasteiger partial charge in [-0.2, -0.15) is 0 Å². The first-order valence-electron chi connectivity index (χ1n) is 13.4. The van der Waals surface area contributed by atoms with E-state index in [0.717, 1.165) is 37.8 Å². The van der Waals surface area contributed by atoms with Crippen LogP contribution in [-0.2, 0) is 4.74 Å². The average molecular weight is 548 g/mol. The summed E-state index contributed by atoms with van der Waals surface area (Å²) < 4.78 is 37.7. The summed E-state index contributed by atoms with van der Waals surface area (Å²) in [7, 11) is 2.06. The minimum absolute atomic E-state index is 0.0210. The lowest BCUT2D eigenvalue weighted by Gasteiger charge is -2.35. The topological polar surface area (TPSA) is 88.4 Å². The molecule has 0 bridgehead atoms. The van der Waals surface area contributed by atoms with Gasteiger partial charge in [0.2, 0.25) is 5.95 Å². The molecule has 2 saturated heterocycles. The molecule has 2 fully saturated rings. The maximum atomic E-state index is 15.1. The van der Waals surface area contributed by atoms with Gasteiger partial charge in [0.1, 0.15) is 22.9 Å². The number of aryl methyl sites for hydroxylation is 1. The third kappa shape index (κ3) is 4.64. The van der Waals surface area contributed by atoms with E-state index in [2.05, 4.69) is 32.2 Å². The summed E-state index contributed by atoms with van der Waals surface area (Å²) in [6, 6.07) is 8.40. The molecule has 6 rings (SSSR count). The van der Waals surface area contributed by atoms with Crippen molar-refractivity contribution in [2.45, 2.75) is 45.3 Å². The van der Waals surface area contributed by atoms with Crippen molar-refractivity contribution in [2.75, 3.05) is 36.9 Å². The number of rotatable bonds is 5. The van der Waals surface area contributed by atoms with Crippen LogP contribution in [0.15, 0.2) is 42.7 Å². The third-order valence-corrected chi connectivity index (χ3v) is 7.80. The molecule has 0 aliphatic carbocycles. The predicted octanol–water partition coefficient (Wildman–Crippen LogP) is 5.83. The molecule has 1 N–H and O–H groups in total. The Morgan fingerprint density at radius 3 is 2.52 bits per heavy atom. The number of aromatic nitrogens is 4. The summed E-state index contributed by atoms with van der Waals surface area (Å²) in [5, 5.41) is 3.46. The lowest BCUT2D eigenvalue weighted by Crippen LogP contribution is -2.45. The van der Waals surface area contributed by atoms with Crippen LogP contribution >= 0.6 is 0 Å². The highest BCUT2D eigenvalue weighted by Crippen LogP contribution is 2.36. The lowest BCUT2D eigenvalue weighted by atomic mass is 9.91. The standard InChI is InChI=1S/C29H31F2N7O2/c1-17(2)38-18(3)11-21-22(30)12-19(13-24(21)38)26-23(31)15-33-27(35-26)34-25-6-5-20(14-32-25)37-16-29(40-28(37)39)7-9-36(4)10-8-29/h5-6,11-15,17H,7-10,16H2,1-4H3,(H,32,33,34,35). The van der Waals surface area contributed by atoms with Crippen LogP contribution in [0.2, 0.25) is 0 Å². The van der Waals surface area contributed by atoms with Crippen molar-refractivity contribution in [3.63, 3.8) is 0 Å². The first-order chi connectivity index (χ1) is 19.1. The summed E-state index contributed by atoms with van der Waals surface area (Å²) in [5.74, 6) is -0.586. The number of halogens is 2. The Morgan fingerprint density at radius 2 is 1.82 bits per heavy atom. The zero-order chi connectivity index (χ0) is 28.2. The molecule has 11 heteroatoms. The van der Waals surface area contributed by atoms with Crippen LogP contribution in [0.1, 0.15) is 38.4 Å². The van der Waals surface area contributed by atoms with E-state index in [1.807, 2.05) is 25.3 Å². The Hall–Kier alpha value is -4.12. The van der Waals surface area contributed by atoms with E-state index in [-0.39, 0.29) is 23.8 Å². The van der Waals surface area contributed by atoms with Crippen LogP contribution in [0.3, 0.4) is 0 Å². The monoisotopic (exact) mass is 547 g/mol. The smallest absolute Gasteiger partial charge is 0.415 e. The van der Waals surface area contributed by atoms with E-state index in [1.54, 1.807) is 35.4 Å². The van der Waals surface area contributed by atoms with Gasteiger partial charge in [0.15, 0.2) is 5.82 Å². The number of carbonyl (C=O) groups excluding carboxylic acids is 1. The minimum atomic E-state index is -0.664. The SMILES string of the molecule is Cc1cc2c(F)cc(-c3nc(Nc4ccc(N5CC6(CCN(C)CC6)OC5=O)cn4)ncc3F)cc2n1C(C)C. The summed E-state index contributed by atoms with van der Waals surface area (Å²) in [5.41, 5.74) is 2.05. The average Bonchev–Trinajstić information content (AvgIpc) is 3.44. The quantitative estimate of drug-likeness (QED) is 0.337. The number of piperidine rings is 1. The second-order valence-electron chi connectivity index (χ2n) is 11.0. The number of hydrogen-bond donors (Lipinski definition) is 1. The van der Waals surface area contributed by atoms with E-state index < -0.39 is 17.2 Å². The van der Waals surface area contributed by atoms with Gasteiger partial charge in [0.25, 0.3) is 0 Å². The van der Waals surface area contributed by atoms with Crippen LogP contribution in [0.5, 0.6) is 0 Å². The van der Waals surface area contributed by atoms with Crippen molar-refractivity contribution in [3.05, 3.63) is 60.1 Å². The molecule has 2 aliphatic rings. The van der Waals surface area contributed by atoms with Crippen LogP contribution < -0.4 is 10.2 Å². The maximum Gasteiger partial charge on any atom is 0.415 e. The van der Waals surface area contributed by atoms with Crippen LogP contribution in [-0.4, -0.2) is 62.8 Å². The van der Waals surface area contributed by atoms with Gasteiger partial charge in [-0.15, -0.1) is 0 Å². The van der Waals surface area contributed by atoms with Gasteiger partial charge in [-0.3, -0.25) is 4.90 Å². The highest BCUT2D eigenvalue weighted by Gasteiger charge is 2.47. The van der Waals surface area contributed by atoms with Gasteiger partial charge >= 0.3 is 6.09 Å². The molecule has 40 heavy (non-hydrogen) atoms. The van der Waals surface area contributed by atoms with Crippen LogP contribution in [0.25, 0.3) is 22.2 Å². The first-order valence-corrected chi connectivity index (χ1v) is 13.4. The Bertz CT molecular complexity index is 1590. The van der Waals surface area contributed by atoms with Gasteiger partial charge in [0, 0.05) is 48.6 Å². The number of pyridine rings is 1. The number of nitrogens with zero attached hydrogens (tertiary/aromatic N) is 6. The molecular formula is C29H31F2N7O2. The normalized spacial score (nSPS) is 17.3. The van der Waals surface area contributed by atoms with Gasteiger partial charge in [-0.25, -0.2) is 28.5 Å². The molecule has 0 radical (unpaired) electrons. The zero-order valence-corrected chi connectivity index (χ0v) is 22.9. The molecule has 4 aromatic rings. The van der Waals surface area contributed by atoms with Gasteiger partial charge in [-0.1, -0.05) is 0 Å². The molecule has 0 unspecified atom stereocenters. The number of hydrogen-bond acceptors (Lipinski definition) is 7. The van der Waals surface area contributed by atoms with Crippen molar-refractivity contribution < 1.29 is 18.3 Å². The Balaban J connectivity index is 1.23. The second-order valence-corrected chi connectivity index (χ2v) is 11.0. The largest absolute Gasteiger partial charge is 0.441 e. The fourth-order valence-corrected chi connectivity index (χ4v) is 5.71. The molecule has 1 aromatic carbocycles. The van der Waals surface area contributed by atoms with Crippen molar-refractivity contribution in [2.24, 2.45) is 0 Å². The van der Waals surface area contributed by atoms with Crippen LogP contribution in [0.4, 0.5) is 31.0 Å². The van der Waals surface area contributed by atoms with Crippen molar-refractivity contribution >= 4 is 34.4 Å². The summed E-state index contributed by atoms with van der Waals surface area (Å²) in [6.07, 6.45) is 3.84. The summed E-state index contributed by atoms with van der Waals surface area (Å²) in [6.45, 7) is 8.20. The Labute approximate surface area is 230 Å². The summed E-state index contributed by atoms with van der Waals surface area (Å²) in [4.78, 5) is 29.3. The first kappa shape index (κ1) is 26.1. The number of anilines is 3. The fourth-order valence-electron chi connectivity index (χ4n) is 5.71. The number of likely N-dealkylation sites (tertiary alicyclic amines) is 1. The molecule has 3 aromatic heterocycles. The van der Waals surface area contributed by atoms with Crippen LogP contribution in [0, 0.1) is 18.6 Å². The number of ether oxygens (including phenoxy) is 1. The molecule has 2 aliphatic heterocycles. The van der Waals surface area contributed by atoms with E-state index in [4.69, 9.17) is 4.74 Å². The molecule has 5 heterocycles. The molecule has 0 saturated carbocycles. The number of benzene rings is 1. The van der Waals surface area contributed by atoms with E-state index in [1.165, 1.54) is 6.07 Å². The highest BCUT2D eigenvalue weighted by molar-refractivity contribution is 5.90. The lowest BCUT2D eigenvalue weighted by molar-refractivity contribution is 0.00678. The zero-order valence-electron chi connectivity index (χ0n) is 22.9. The maximum absolute atomic E-state index is 15.1. The number of fused-ring (bicyclic) bond motifs is 1. The van der Waals surface area contributed by atoms with Crippen molar-refractivity contribution in [1.29, 1.82) is 0 Å². The predicted molar refractivity (Wildman–Crippen MR) is 149 cm³/mol. The molecule has 208 valence electrons.